The summed E-state index contributed by atoms with van der Waals surface area (Å²) in [5.74, 6) is -0.153. The van der Waals surface area contributed by atoms with Crippen LogP contribution in [0, 0.1) is 5.92 Å². The molecule has 0 bridgehead atoms. The van der Waals surface area contributed by atoms with Crippen molar-refractivity contribution >= 4 is 23.4 Å². The Kier molecular flexibility index (Phi) is 3.87. The molecule has 2 amide bonds. The van der Waals surface area contributed by atoms with E-state index >= 15 is 0 Å². The highest BCUT2D eigenvalue weighted by atomic mass is 35.5. The van der Waals surface area contributed by atoms with Gasteiger partial charge in [-0.2, -0.15) is 0 Å². The first-order valence-electron chi connectivity index (χ1n) is 5.86. The van der Waals surface area contributed by atoms with Gasteiger partial charge in [-0.1, -0.05) is 29.8 Å². The average molecular weight is 267 g/mol. The number of likely N-dealkylation sites (N-methyl/N-ethyl adjacent to an activating group) is 1. The van der Waals surface area contributed by atoms with E-state index in [-0.39, 0.29) is 30.2 Å². The number of carbonyl (C=O) groups is 2. The maximum atomic E-state index is 11.8. The Morgan fingerprint density at radius 3 is 2.78 bits per heavy atom. The SMILES string of the molecule is CNC(=O)CNC(=O)C1CC1c1ccccc1Cl. The molecule has 1 aliphatic rings. The lowest BCUT2D eigenvalue weighted by Crippen LogP contribution is -2.36. The van der Waals surface area contributed by atoms with Crippen molar-refractivity contribution in [2.45, 2.75) is 12.3 Å². The third-order valence-electron chi connectivity index (χ3n) is 3.13. The number of benzene rings is 1. The molecule has 1 aliphatic carbocycles. The van der Waals surface area contributed by atoms with Gasteiger partial charge in [0.05, 0.1) is 6.54 Å². The van der Waals surface area contributed by atoms with Crippen molar-refractivity contribution in [3.05, 3.63) is 34.9 Å². The van der Waals surface area contributed by atoms with Crippen molar-refractivity contribution < 1.29 is 9.59 Å². The van der Waals surface area contributed by atoms with E-state index in [9.17, 15) is 9.59 Å². The summed E-state index contributed by atoms with van der Waals surface area (Å²) < 4.78 is 0. The van der Waals surface area contributed by atoms with Crippen LogP contribution in [0.15, 0.2) is 24.3 Å². The van der Waals surface area contributed by atoms with E-state index in [2.05, 4.69) is 10.6 Å². The summed E-state index contributed by atoms with van der Waals surface area (Å²) in [5, 5.41) is 5.78. The Bertz CT molecular complexity index is 476. The molecule has 2 N–H and O–H groups in total. The molecule has 1 aromatic carbocycles. The molecule has 5 heteroatoms. The largest absolute Gasteiger partial charge is 0.358 e. The molecule has 2 atom stereocenters. The Hall–Kier alpha value is -1.55. The molecular formula is C13H15ClN2O2. The van der Waals surface area contributed by atoms with E-state index in [1.165, 1.54) is 7.05 Å². The van der Waals surface area contributed by atoms with Crippen LogP contribution in [0.5, 0.6) is 0 Å². The highest BCUT2D eigenvalue weighted by Gasteiger charge is 2.44. The molecule has 0 heterocycles. The molecule has 4 nitrogen and oxygen atoms in total. The Morgan fingerprint density at radius 2 is 2.11 bits per heavy atom. The summed E-state index contributed by atoms with van der Waals surface area (Å²) >= 11 is 6.08. The molecule has 1 saturated carbocycles. The summed E-state index contributed by atoms with van der Waals surface area (Å²) in [7, 11) is 1.54. The normalized spacial score (nSPS) is 21.2. The van der Waals surface area contributed by atoms with Crippen LogP contribution in [0.25, 0.3) is 0 Å². The zero-order chi connectivity index (χ0) is 13.1. The van der Waals surface area contributed by atoms with Crippen molar-refractivity contribution in [3.8, 4) is 0 Å². The van der Waals surface area contributed by atoms with Gasteiger partial charge >= 0.3 is 0 Å². The first-order valence-corrected chi connectivity index (χ1v) is 6.24. The lowest BCUT2D eigenvalue weighted by Gasteiger charge is -2.05. The van der Waals surface area contributed by atoms with Crippen LogP contribution in [0.1, 0.15) is 17.9 Å². The van der Waals surface area contributed by atoms with E-state index in [0.717, 1.165) is 12.0 Å². The second-order valence-electron chi connectivity index (χ2n) is 4.36. The topological polar surface area (TPSA) is 58.2 Å². The first-order chi connectivity index (χ1) is 8.63. The van der Waals surface area contributed by atoms with Gasteiger partial charge in [-0.05, 0) is 24.0 Å². The summed E-state index contributed by atoms with van der Waals surface area (Å²) in [6.07, 6.45) is 0.795. The number of halogens is 1. The van der Waals surface area contributed by atoms with Crippen LogP contribution in [0.3, 0.4) is 0 Å². The van der Waals surface area contributed by atoms with Crippen LogP contribution in [0.4, 0.5) is 0 Å². The third-order valence-corrected chi connectivity index (χ3v) is 3.48. The second kappa shape index (κ2) is 5.40. The van der Waals surface area contributed by atoms with Gasteiger partial charge in [-0.25, -0.2) is 0 Å². The predicted molar refractivity (Wildman–Crippen MR) is 69.4 cm³/mol. The minimum atomic E-state index is -0.196. The zero-order valence-electron chi connectivity index (χ0n) is 10.1. The number of hydrogen-bond donors (Lipinski definition) is 2. The van der Waals surface area contributed by atoms with Gasteiger partial charge in [0.25, 0.3) is 0 Å². The first kappa shape index (κ1) is 12.9. The van der Waals surface area contributed by atoms with E-state index in [4.69, 9.17) is 11.6 Å². The minimum absolute atomic E-state index is 0.0288. The van der Waals surface area contributed by atoms with Crippen LogP contribution < -0.4 is 10.6 Å². The summed E-state index contributed by atoms with van der Waals surface area (Å²) in [6.45, 7) is 0.0288. The molecule has 0 aliphatic heterocycles. The molecule has 2 unspecified atom stereocenters. The van der Waals surface area contributed by atoms with Crippen LogP contribution in [0.2, 0.25) is 5.02 Å². The van der Waals surface area contributed by atoms with Crippen molar-refractivity contribution in [1.82, 2.24) is 10.6 Å². The van der Waals surface area contributed by atoms with E-state index < -0.39 is 0 Å². The van der Waals surface area contributed by atoms with E-state index in [0.29, 0.717) is 5.02 Å². The lowest BCUT2D eigenvalue weighted by atomic mass is 10.1. The predicted octanol–water partition coefficient (Wildman–Crippen LogP) is 1.31. The molecule has 96 valence electrons. The summed E-state index contributed by atoms with van der Waals surface area (Å²) in [6, 6.07) is 7.56. The molecule has 0 radical (unpaired) electrons. The van der Waals surface area contributed by atoms with Gasteiger partial charge in [0.15, 0.2) is 0 Å². The molecular weight excluding hydrogens is 252 g/mol. The van der Waals surface area contributed by atoms with Crippen molar-refractivity contribution in [2.75, 3.05) is 13.6 Å². The van der Waals surface area contributed by atoms with E-state index in [1.807, 2.05) is 24.3 Å². The van der Waals surface area contributed by atoms with Crippen molar-refractivity contribution in [1.29, 1.82) is 0 Å². The smallest absolute Gasteiger partial charge is 0.239 e. The quantitative estimate of drug-likeness (QED) is 0.863. The van der Waals surface area contributed by atoms with Gasteiger partial charge < -0.3 is 10.6 Å². The zero-order valence-corrected chi connectivity index (χ0v) is 10.8. The number of carbonyl (C=O) groups excluding carboxylic acids is 2. The maximum absolute atomic E-state index is 11.8. The highest BCUT2D eigenvalue weighted by molar-refractivity contribution is 6.31. The van der Waals surface area contributed by atoms with Gasteiger partial charge in [0.1, 0.15) is 0 Å². The minimum Gasteiger partial charge on any atom is -0.358 e. The number of hydrogen-bond acceptors (Lipinski definition) is 2. The standard InChI is InChI=1S/C13H15ClN2O2/c1-15-12(17)7-16-13(18)10-6-9(10)8-4-2-3-5-11(8)14/h2-5,9-10H,6-7H2,1H3,(H,15,17)(H,16,18). The molecule has 18 heavy (non-hydrogen) atoms. The molecule has 2 rings (SSSR count). The molecule has 1 aromatic rings. The molecule has 1 fully saturated rings. The monoisotopic (exact) mass is 266 g/mol. The van der Waals surface area contributed by atoms with Gasteiger partial charge in [-0.3, -0.25) is 9.59 Å². The fourth-order valence-electron chi connectivity index (χ4n) is 1.99. The Balaban J connectivity index is 1.89. The Morgan fingerprint density at radius 1 is 1.39 bits per heavy atom. The third kappa shape index (κ3) is 2.82. The number of amides is 2. The summed E-state index contributed by atoms with van der Waals surface area (Å²) in [4.78, 5) is 22.8. The second-order valence-corrected chi connectivity index (χ2v) is 4.77. The average Bonchev–Trinajstić information content (AvgIpc) is 3.16. The van der Waals surface area contributed by atoms with Crippen molar-refractivity contribution in [2.24, 2.45) is 5.92 Å². The molecule has 0 spiro atoms. The molecule has 0 aromatic heterocycles. The highest BCUT2D eigenvalue weighted by Crippen LogP contribution is 2.49. The van der Waals surface area contributed by atoms with Crippen molar-refractivity contribution in [3.63, 3.8) is 0 Å². The lowest BCUT2D eigenvalue weighted by molar-refractivity contribution is -0.126. The Labute approximate surface area is 111 Å². The van der Waals surface area contributed by atoms with Crippen LogP contribution in [-0.4, -0.2) is 25.4 Å². The molecule has 0 saturated heterocycles. The van der Waals surface area contributed by atoms with Crippen LogP contribution in [-0.2, 0) is 9.59 Å². The fraction of sp³-hybridized carbons (Fsp3) is 0.385. The maximum Gasteiger partial charge on any atom is 0.239 e. The number of nitrogens with one attached hydrogen (secondary N) is 2. The summed E-state index contributed by atoms with van der Waals surface area (Å²) in [5.41, 5.74) is 1.01. The number of rotatable bonds is 4. The van der Waals surface area contributed by atoms with Crippen LogP contribution >= 0.6 is 11.6 Å². The fourth-order valence-corrected chi connectivity index (χ4v) is 2.27. The van der Waals surface area contributed by atoms with Gasteiger partial charge in [-0.15, -0.1) is 0 Å². The van der Waals surface area contributed by atoms with Gasteiger partial charge in [0.2, 0.25) is 11.8 Å². The van der Waals surface area contributed by atoms with Gasteiger partial charge in [0, 0.05) is 18.0 Å². The van der Waals surface area contributed by atoms with E-state index in [1.54, 1.807) is 0 Å².